The lowest BCUT2D eigenvalue weighted by Gasteiger charge is -2.32. The van der Waals surface area contributed by atoms with Gasteiger partial charge in [-0.3, -0.25) is 9.69 Å². The molecule has 3 rings (SSSR count). The van der Waals surface area contributed by atoms with Crippen molar-refractivity contribution in [3.63, 3.8) is 0 Å². The number of hydrogen-bond donors (Lipinski definition) is 2. The van der Waals surface area contributed by atoms with E-state index >= 15 is 0 Å². The van der Waals surface area contributed by atoms with E-state index in [0.29, 0.717) is 19.6 Å². The number of nitrogens with zero attached hydrogens (tertiary/aromatic N) is 1. The van der Waals surface area contributed by atoms with Crippen molar-refractivity contribution in [2.45, 2.75) is 25.9 Å². The van der Waals surface area contributed by atoms with Gasteiger partial charge in [-0.15, -0.1) is 0 Å². The summed E-state index contributed by atoms with van der Waals surface area (Å²) in [5.41, 5.74) is 2.00. The summed E-state index contributed by atoms with van der Waals surface area (Å²) in [5, 5.41) is 11.9. The van der Waals surface area contributed by atoms with Gasteiger partial charge in [-0.05, 0) is 54.8 Å². The van der Waals surface area contributed by atoms with Crippen molar-refractivity contribution in [3.05, 3.63) is 71.0 Å². The highest BCUT2D eigenvalue weighted by Crippen LogP contribution is 2.19. The van der Waals surface area contributed by atoms with Crippen LogP contribution in [0.3, 0.4) is 0 Å². The first-order valence-electron chi connectivity index (χ1n) is 9.08. The molecule has 142 valence electrons. The molecule has 2 aromatic carbocycles. The molecule has 1 atom stereocenters. The number of carbonyl (C=O) groups is 2. The van der Waals surface area contributed by atoms with Gasteiger partial charge in [0.15, 0.2) is 0 Å². The summed E-state index contributed by atoms with van der Waals surface area (Å²) in [6.07, 6.45) is 1.77. The van der Waals surface area contributed by atoms with Gasteiger partial charge in [0.25, 0.3) is 0 Å². The van der Waals surface area contributed by atoms with Gasteiger partial charge in [0.05, 0.1) is 11.5 Å². The number of aromatic carboxylic acids is 1. The van der Waals surface area contributed by atoms with Crippen LogP contribution in [0.2, 0.25) is 0 Å². The van der Waals surface area contributed by atoms with Crippen molar-refractivity contribution in [2.75, 3.05) is 13.1 Å². The third-order valence-electron chi connectivity index (χ3n) is 4.84. The van der Waals surface area contributed by atoms with Crippen molar-refractivity contribution in [1.82, 2.24) is 10.2 Å². The van der Waals surface area contributed by atoms with E-state index < -0.39 is 5.97 Å². The third-order valence-corrected chi connectivity index (χ3v) is 4.84. The minimum Gasteiger partial charge on any atom is -0.478 e. The number of benzene rings is 2. The predicted octanol–water partition coefficient (Wildman–Crippen LogP) is 3.05. The molecule has 2 N–H and O–H groups in total. The van der Waals surface area contributed by atoms with E-state index in [-0.39, 0.29) is 23.2 Å². The molecule has 6 heteroatoms. The molecule has 1 aliphatic rings. The van der Waals surface area contributed by atoms with Crippen LogP contribution in [0.1, 0.15) is 34.3 Å². The lowest BCUT2D eigenvalue weighted by Crippen LogP contribution is -2.42. The predicted molar refractivity (Wildman–Crippen MR) is 99.6 cm³/mol. The zero-order valence-corrected chi connectivity index (χ0v) is 15.0. The first-order chi connectivity index (χ1) is 13.0. The lowest BCUT2D eigenvalue weighted by atomic mass is 9.96. The van der Waals surface area contributed by atoms with Crippen molar-refractivity contribution in [1.29, 1.82) is 0 Å². The lowest BCUT2D eigenvalue weighted by molar-refractivity contribution is -0.126. The van der Waals surface area contributed by atoms with E-state index in [1.807, 2.05) is 6.07 Å². The standard InChI is InChI=1S/C21H23FN2O3/c22-19-5-1-3-16(11-19)13-24-10-2-4-18(14-24)20(25)23-12-15-6-8-17(9-7-15)21(26)27/h1,3,5-9,11,18H,2,4,10,12-14H2,(H,23,25)(H,26,27). The van der Waals surface area contributed by atoms with Crippen LogP contribution in [0.25, 0.3) is 0 Å². The van der Waals surface area contributed by atoms with E-state index in [1.165, 1.54) is 24.3 Å². The number of carbonyl (C=O) groups excluding carboxylic acids is 1. The molecule has 0 aliphatic carbocycles. The molecule has 1 unspecified atom stereocenters. The van der Waals surface area contributed by atoms with Crippen LogP contribution >= 0.6 is 0 Å². The van der Waals surface area contributed by atoms with Crippen LogP contribution in [0, 0.1) is 11.7 Å². The third kappa shape index (κ3) is 5.37. The Kier molecular flexibility index (Phi) is 6.19. The van der Waals surface area contributed by atoms with Gasteiger partial charge in [-0.25, -0.2) is 9.18 Å². The van der Waals surface area contributed by atoms with Gasteiger partial charge < -0.3 is 10.4 Å². The average Bonchev–Trinajstić information content (AvgIpc) is 2.66. The SMILES string of the molecule is O=C(O)c1ccc(CNC(=O)C2CCCN(Cc3cccc(F)c3)C2)cc1. The fourth-order valence-electron chi connectivity index (χ4n) is 3.41. The number of rotatable bonds is 6. The highest BCUT2D eigenvalue weighted by Gasteiger charge is 2.25. The Bertz CT molecular complexity index is 807. The van der Waals surface area contributed by atoms with Crippen LogP contribution < -0.4 is 5.32 Å². The molecule has 27 heavy (non-hydrogen) atoms. The van der Waals surface area contributed by atoms with Gasteiger partial charge in [-0.1, -0.05) is 24.3 Å². The summed E-state index contributed by atoms with van der Waals surface area (Å²) >= 11 is 0. The first-order valence-corrected chi connectivity index (χ1v) is 9.08. The molecule has 5 nitrogen and oxygen atoms in total. The zero-order chi connectivity index (χ0) is 19.2. The van der Waals surface area contributed by atoms with Gasteiger partial charge in [0.2, 0.25) is 5.91 Å². The van der Waals surface area contributed by atoms with E-state index in [1.54, 1.807) is 18.2 Å². The molecule has 2 aromatic rings. The second-order valence-corrected chi connectivity index (χ2v) is 6.92. The van der Waals surface area contributed by atoms with Crippen molar-refractivity contribution >= 4 is 11.9 Å². The molecule has 0 aromatic heterocycles. The van der Waals surface area contributed by atoms with E-state index in [0.717, 1.165) is 30.5 Å². The molecule has 1 fully saturated rings. The van der Waals surface area contributed by atoms with Gasteiger partial charge in [-0.2, -0.15) is 0 Å². The van der Waals surface area contributed by atoms with Crippen LogP contribution in [0.5, 0.6) is 0 Å². The number of amides is 1. The quantitative estimate of drug-likeness (QED) is 0.820. The largest absolute Gasteiger partial charge is 0.478 e. The van der Waals surface area contributed by atoms with Crippen LogP contribution in [0.15, 0.2) is 48.5 Å². The maximum absolute atomic E-state index is 13.3. The van der Waals surface area contributed by atoms with Crippen molar-refractivity contribution in [2.24, 2.45) is 5.92 Å². The van der Waals surface area contributed by atoms with Crippen molar-refractivity contribution < 1.29 is 19.1 Å². The fourth-order valence-corrected chi connectivity index (χ4v) is 3.41. The van der Waals surface area contributed by atoms with Crippen LogP contribution in [-0.2, 0) is 17.9 Å². The topological polar surface area (TPSA) is 69.6 Å². The number of hydrogen-bond acceptors (Lipinski definition) is 3. The van der Waals surface area contributed by atoms with E-state index in [9.17, 15) is 14.0 Å². The number of likely N-dealkylation sites (tertiary alicyclic amines) is 1. The molecule has 0 radical (unpaired) electrons. The number of nitrogens with one attached hydrogen (secondary N) is 1. The van der Waals surface area contributed by atoms with Gasteiger partial charge in [0.1, 0.15) is 5.82 Å². The summed E-state index contributed by atoms with van der Waals surface area (Å²) in [5.74, 6) is -1.30. The summed E-state index contributed by atoms with van der Waals surface area (Å²) in [6, 6.07) is 13.0. The average molecular weight is 370 g/mol. The Morgan fingerprint density at radius 1 is 1.15 bits per heavy atom. The van der Waals surface area contributed by atoms with Crippen LogP contribution in [-0.4, -0.2) is 35.0 Å². The number of piperidine rings is 1. The molecular formula is C21H23FN2O3. The smallest absolute Gasteiger partial charge is 0.335 e. The monoisotopic (exact) mass is 370 g/mol. The normalized spacial score (nSPS) is 17.4. The molecule has 1 heterocycles. The Hall–Kier alpha value is -2.73. The summed E-state index contributed by atoms with van der Waals surface area (Å²) in [4.78, 5) is 25.6. The molecule has 0 saturated carbocycles. The highest BCUT2D eigenvalue weighted by atomic mass is 19.1. The van der Waals surface area contributed by atoms with Gasteiger partial charge in [0, 0.05) is 19.6 Å². The second-order valence-electron chi connectivity index (χ2n) is 6.92. The maximum Gasteiger partial charge on any atom is 0.335 e. The van der Waals surface area contributed by atoms with Crippen molar-refractivity contribution in [3.8, 4) is 0 Å². The fraction of sp³-hybridized carbons (Fsp3) is 0.333. The number of carboxylic acid groups (broad SMARTS) is 1. The Labute approximate surface area is 157 Å². The summed E-state index contributed by atoms with van der Waals surface area (Å²) < 4.78 is 13.3. The molecule has 1 amide bonds. The number of halogens is 1. The Morgan fingerprint density at radius 3 is 2.63 bits per heavy atom. The molecule has 1 aliphatic heterocycles. The minimum atomic E-state index is -0.967. The zero-order valence-electron chi connectivity index (χ0n) is 15.0. The summed E-state index contributed by atoms with van der Waals surface area (Å²) in [7, 11) is 0. The van der Waals surface area contributed by atoms with Gasteiger partial charge >= 0.3 is 5.97 Å². The maximum atomic E-state index is 13.3. The minimum absolute atomic E-state index is 0.00116. The van der Waals surface area contributed by atoms with Crippen LogP contribution in [0.4, 0.5) is 4.39 Å². The summed E-state index contributed by atoms with van der Waals surface area (Å²) in [6.45, 7) is 2.56. The Balaban J connectivity index is 1.51. The second kappa shape index (κ2) is 8.77. The Morgan fingerprint density at radius 2 is 1.93 bits per heavy atom. The number of carboxylic acids is 1. The van der Waals surface area contributed by atoms with E-state index in [2.05, 4.69) is 10.2 Å². The molecule has 0 spiro atoms. The molecule has 1 saturated heterocycles. The highest BCUT2D eigenvalue weighted by molar-refractivity contribution is 5.87. The van der Waals surface area contributed by atoms with E-state index in [4.69, 9.17) is 5.11 Å². The molecular weight excluding hydrogens is 347 g/mol. The first kappa shape index (κ1) is 19.0. The molecule has 0 bridgehead atoms.